The molecule has 2 aliphatic heterocycles. The van der Waals surface area contributed by atoms with E-state index in [-0.39, 0.29) is 5.12 Å². The highest BCUT2D eigenvalue weighted by Crippen LogP contribution is 2.38. The second-order valence-corrected chi connectivity index (χ2v) is 16.8. The number of aromatic nitrogens is 4. The predicted molar refractivity (Wildman–Crippen MR) is 259 cm³/mol. The van der Waals surface area contributed by atoms with Gasteiger partial charge < -0.3 is 9.97 Å². The van der Waals surface area contributed by atoms with Crippen molar-refractivity contribution in [3.63, 3.8) is 0 Å². The van der Waals surface area contributed by atoms with E-state index in [9.17, 15) is 4.79 Å². The summed E-state index contributed by atoms with van der Waals surface area (Å²) in [5.74, 6) is 6.61. The van der Waals surface area contributed by atoms with Crippen molar-refractivity contribution in [3.05, 3.63) is 197 Å². The number of H-pyrrole nitrogens is 2. The Bertz CT molecular complexity index is 3280. The standard InChI is InChI=1S/C56H40N4OS/c1-35-9-19-41(20-10-35)54-47-29-27-45(57-47)53(40-7-5-4-6-8-40)46-28-30-48(58-46)55(42-21-11-36(2)12-22-42)50-32-34-52(60-50)56(51-33-31-49(54)59-51)43-23-15-38(16-24-43)13-14-39-17-25-44(26-18-39)62-37(3)61/h4-12,15-34,57,60H,1-3H3. The summed E-state index contributed by atoms with van der Waals surface area (Å²) in [4.78, 5) is 31.0. The van der Waals surface area contributed by atoms with Crippen molar-refractivity contribution in [1.29, 1.82) is 0 Å². The number of carbonyl (C=O) groups is 1. The van der Waals surface area contributed by atoms with Crippen LogP contribution in [0.15, 0.2) is 157 Å². The van der Waals surface area contributed by atoms with E-state index in [0.29, 0.717) is 0 Å². The van der Waals surface area contributed by atoms with Crippen molar-refractivity contribution < 1.29 is 4.79 Å². The van der Waals surface area contributed by atoms with Gasteiger partial charge in [0.15, 0.2) is 5.12 Å². The summed E-state index contributed by atoms with van der Waals surface area (Å²) in [7, 11) is 0. The Labute approximate surface area is 365 Å². The second kappa shape index (κ2) is 16.4. The van der Waals surface area contributed by atoms with Gasteiger partial charge in [0.1, 0.15) is 0 Å². The van der Waals surface area contributed by atoms with Gasteiger partial charge in [-0.2, -0.15) is 0 Å². The zero-order valence-electron chi connectivity index (χ0n) is 34.5. The number of fused-ring (bicyclic) bond motifs is 8. The maximum Gasteiger partial charge on any atom is 0.190 e. The van der Waals surface area contributed by atoms with E-state index in [1.165, 1.54) is 22.9 Å². The minimum atomic E-state index is 0.0617. The number of hydrogen-bond acceptors (Lipinski definition) is 4. The number of carbonyl (C=O) groups excluding carboxylic acids is 1. The maximum atomic E-state index is 11.5. The molecule has 2 aliphatic rings. The van der Waals surface area contributed by atoms with Crippen LogP contribution in [0.5, 0.6) is 0 Å². The molecule has 8 aromatic rings. The molecule has 0 fully saturated rings. The summed E-state index contributed by atoms with van der Waals surface area (Å²) >= 11 is 1.22. The monoisotopic (exact) mass is 816 g/mol. The Balaban J connectivity index is 1.23. The van der Waals surface area contributed by atoms with E-state index >= 15 is 0 Å². The molecule has 0 spiro atoms. The normalized spacial score (nSPS) is 11.7. The number of nitrogens with zero attached hydrogens (tertiary/aromatic N) is 2. The minimum Gasteiger partial charge on any atom is -0.354 e. The molecule has 0 unspecified atom stereocenters. The van der Waals surface area contributed by atoms with Crippen molar-refractivity contribution in [2.24, 2.45) is 0 Å². The van der Waals surface area contributed by atoms with E-state index in [1.54, 1.807) is 6.92 Å². The summed E-state index contributed by atoms with van der Waals surface area (Å²) in [6.07, 6.45) is 8.52. The molecular weight excluding hydrogens is 777 g/mol. The fourth-order valence-electron chi connectivity index (χ4n) is 8.10. The minimum absolute atomic E-state index is 0.0617. The molecule has 10 rings (SSSR count). The van der Waals surface area contributed by atoms with Crippen molar-refractivity contribution in [1.82, 2.24) is 19.9 Å². The molecule has 5 heterocycles. The Hall–Kier alpha value is -7.72. The first kappa shape index (κ1) is 38.5. The first-order valence-electron chi connectivity index (χ1n) is 20.6. The molecule has 0 aliphatic carbocycles. The highest BCUT2D eigenvalue weighted by Gasteiger charge is 2.19. The number of thioether (sulfide) groups is 1. The molecule has 3 aromatic heterocycles. The Morgan fingerprint density at radius 2 is 0.774 bits per heavy atom. The van der Waals surface area contributed by atoms with E-state index in [2.05, 4.69) is 181 Å². The number of aryl methyl sites for hydroxylation is 2. The summed E-state index contributed by atoms with van der Waals surface area (Å²) in [6.45, 7) is 5.79. The van der Waals surface area contributed by atoms with Crippen LogP contribution in [0.25, 0.3) is 90.9 Å². The topological polar surface area (TPSA) is 74.4 Å². The van der Waals surface area contributed by atoms with Crippen molar-refractivity contribution >= 4 is 63.2 Å². The maximum absolute atomic E-state index is 11.5. The number of nitrogens with one attached hydrogen (secondary N) is 2. The molecular formula is C56H40N4OS. The average Bonchev–Trinajstić information content (AvgIpc) is 4.14. The molecule has 0 saturated carbocycles. The van der Waals surface area contributed by atoms with Crippen LogP contribution in [0.1, 0.15) is 52.0 Å². The number of aromatic amines is 2. The number of benzene rings is 5. The zero-order valence-corrected chi connectivity index (χ0v) is 35.3. The smallest absolute Gasteiger partial charge is 0.190 e. The van der Waals surface area contributed by atoms with Gasteiger partial charge in [-0.1, -0.05) is 126 Å². The van der Waals surface area contributed by atoms with Crippen LogP contribution in [0.3, 0.4) is 0 Å². The summed E-state index contributed by atoms with van der Waals surface area (Å²) < 4.78 is 0. The molecule has 8 bridgehead atoms. The number of rotatable bonds is 5. The van der Waals surface area contributed by atoms with Gasteiger partial charge in [0.25, 0.3) is 0 Å². The SMILES string of the molecule is CC(=O)Sc1ccc(C#Cc2ccc(-c3c4nc(c(-c5ccc(C)cc5)c5ccc([nH]5)c(-c5ccccc5)c5nc(c(-c6ccc(C)cc6)c6ccc3[nH]6)C=C5)C=C4)cc2)cc1. The molecule has 0 saturated heterocycles. The zero-order chi connectivity index (χ0) is 42.2. The highest BCUT2D eigenvalue weighted by atomic mass is 32.2. The second-order valence-electron chi connectivity index (χ2n) is 15.5. The predicted octanol–water partition coefficient (Wildman–Crippen LogP) is 14.0. The lowest BCUT2D eigenvalue weighted by Gasteiger charge is -2.07. The van der Waals surface area contributed by atoms with E-state index in [0.717, 1.165) is 105 Å². The molecule has 0 radical (unpaired) electrons. The Morgan fingerprint density at radius 3 is 1.15 bits per heavy atom. The molecule has 0 amide bonds. The van der Waals surface area contributed by atoms with Gasteiger partial charge in [0, 0.05) is 67.3 Å². The molecule has 0 atom stereocenters. The van der Waals surface area contributed by atoms with E-state index in [4.69, 9.17) is 9.97 Å². The van der Waals surface area contributed by atoms with Gasteiger partial charge >= 0.3 is 0 Å². The van der Waals surface area contributed by atoms with Crippen LogP contribution in [0.2, 0.25) is 0 Å². The molecule has 5 aromatic carbocycles. The third kappa shape index (κ3) is 7.74. The van der Waals surface area contributed by atoms with Gasteiger partial charge in [0.2, 0.25) is 0 Å². The van der Waals surface area contributed by atoms with Crippen molar-refractivity contribution in [2.45, 2.75) is 25.7 Å². The molecule has 6 heteroatoms. The van der Waals surface area contributed by atoms with Crippen LogP contribution < -0.4 is 0 Å². The molecule has 296 valence electrons. The van der Waals surface area contributed by atoms with Crippen molar-refractivity contribution in [3.8, 4) is 56.3 Å². The van der Waals surface area contributed by atoms with E-state index in [1.807, 2.05) is 30.3 Å². The third-order valence-electron chi connectivity index (χ3n) is 11.1. The van der Waals surface area contributed by atoms with E-state index < -0.39 is 0 Å². The first-order chi connectivity index (χ1) is 30.3. The Morgan fingerprint density at radius 1 is 0.435 bits per heavy atom. The van der Waals surface area contributed by atoms with Gasteiger partial charge in [-0.3, -0.25) is 4.79 Å². The molecule has 62 heavy (non-hydrogen) atoms. The summed E-state index contributed by atoms with van der Waals surface area (Å²) in [5.41, 5.74) is 19.7. The quantitative estimate of drug-likeness (QED) is 0.134. The van der Waals surface area contributed by atoms with Gasteiger partial charge in [-0.25, -0.2) is 9.97 Å². The lowest BCUT2D eigenvalue weighted by molar-refractivity contribution is -0.109. The first-order valence-corrected chi connectivity index (χ1v) is 21.4. The van der Waals surface area contributed by atoms with Crippen LogP contribution in [-0.4, -0.2) is 25.1 Å². The van der Waals surface area contributed by atoms with Gasteiger partial charge in [-0.05, 0) is 121 Å². The summed E-state index contributed by atoms with van der Waals surface area (Å²) in [5, 5.41) is 0.0617. The van der Waals surface area contributed by atoms with Crippen molar-refractivity contribution in [2.75, 3.05) is 0 Å². The highest BCUT2D eigenvalue weighted by molar-refractivity contribution is 8.13. The van der Waals surface area contributed by atoms with Crippen LogP contribution in [0.4, 0.5) is 0 Å². The fraction of sp³-hybridized carbons (Fsp3) is 0.0536. The van der Waals surface area contributed by atoms with Gasteiger partial charge in [0.05, 0.1) is 22.8 Å². The lowest BCUT2D eigenvalue weighted by Crippen LogP contribution is -1.90. The van der Waals surface area contributed by atoms with Crippen LogP contribution >= 0.6 is 11.8 Å². The third-order valence-corrected chi connectivity index (χ3v) is 11.9. The lowest BCUT2D eigenvalue weighted by atomic mass is 10.0. The largest absolute Gasteiger partial charge is 0.354 e. The van der Waals surface area contributed by atoms with Crippen LogP contribution in [0, 0.1) is 25.7 Å². The fourth-order valence-corrected chi connectivity index (χ4v) is 8.71. The number of hydrogen-bond donors (Lipinski definition) is 2. The van der Waals surface area contributed by atoms with Gasteiger partial charge in [-0.15, -0.1) is 0 Å². The molecule has 5 nitrogen and oxygen atoms in total. The summed E-state index contributed by atoms with van der Waals surface area (Å²) in [6, 6.07) is 52.6. The molecule has 2 N–H and O–H groups in total. The average molecular weight is 817 g/mol. The Kier molecular flexibility index (Phi) is 10.2. The van der Waals surface area contributed by atoms with Crippen LogP contribution in [-0.2, 0) is 4.79 Å².